The highest BCUT2D eigenvalue weighted by Crippen LogP contribution is 2.38. The summed E-state index contributed by atoms with van der Waals surface area (Å²) >= 11 is 0. The summed E-state index contributed by atoms with van der Waals surface area (Å²) in [6, 6.07) is 4.01. The largest absolute Gasteiger partial charge is 0.508 e. The van der Waals surface area contributed by atoms with E-state index in [4.69, 9.17) is 15.2 Å². The van der Waals surface area contributed by atoms with Crippen LogP contribution in [0.1, 0.15) is 25.5 Å². The summed E-state index contributed by atoms with van der Waals surface area (Å²) in [5.41, 5.74) is 5.87. The maximum absolute atomic E-state index is 11.7. The Labute approximate surface area is 119 Å². The topological polar surface area (TPSA) is 81.8 Å². The van der Waals surface area contributed by atoms with Crippen molar-refractivity contribution in [3.63, 3.8) is 0 Å². The van der Waals surface area contributed by atoms with Crippen LogP contribution in [0.5, 0.6) is 11.5 Å². The van der Waals surface area contributed by atoms with Gasteiger partial charge in [-0.25, -0.2) is 0 Å². The fourth-order valence-electron chi connectivity index (χ4n) is 1.74. The van der Waals surface area contributed by atoms with Crippen LogP contribution >= 0.6 is 12.4 Å². The van der Waals surface area contributed by atoms with Gasteiger partial charge in [0, 0.05) is 17.7 Å². The molecule has 1 atom stereocenters. The molecule has 108 valence electrons. The number of aromatic hydroxyl groups is 1. The number of esters is 1. The number of ether oxygens (including phenoxy) is 2. The summed E-state index contributed by atoms with van der Waals surface area (Å²) in [6.07, 6.45) is 0. The quantitative estimate of drug-likeness (QED) is 0.829. The first kappa shape index (κ1) is 17.5. The maximum Gasteiger partial charge on any atom is 0.313 e. The number of rotatable bonds is 4. The molecule has 6 heteroatoms. The standard InChI is InChI=1S/C13H19NO4.ClH/c1-13(2,12(16)18-4)11(14)9-6-5-8(15)7-10(9)17-3;/h5-7,11,15H,14H2,1-4H3;1H/t11-;/m1./s1. The van der Waals surface area contributed by atoms with Crippen molar-refractivity contribution in [1.29, 1.82) is 0 Å². The average Bonchev–Trinajstić information content (AvgIpc) is 2.36. The summed E-state index contributed by atoms with van der Waals surface area (Å²) in [4.78, 5) is 11.7. The third-order valence-corrected chi connectivity index (χ3v) is 3.04. The first-order valence-corrected chi connectivity index (χ1v) is 5.55. The van der Waals surface area contributed by atoms with Gasteiger partial charge in [0.25, 0.3) is 0 Å². The second-order valence-electron chi connectivity index (χ2n) is 4.62. The van der Waals surface area contributed by atoms with Gasteiger partial charge in [0.05, 0.1) is 19.6 Å². The van der Waals surface area contributed by atoms with Gasteiger partial charge in [0.1, 0.15) is 11.5 Å². The molecule has 19 heavy (non-hydrogen) atoms. The molecular formula is C13H20ClNO4. The van der Waals surface area contributed by atoms with Gasteiger partial charge in [-0.1, -0.05) is 6.07 Å². The van der Waals surface area contributed by atoms with E-state index in [-0.39, 0.29) is 18.2 Å². The van der Waals surface area contributed by atoms with Crippen LogP contribution in [0, 0.1) is 5.41 Å². The monoisotopic (exact) mass is 289 g/mol. The number of methoxy groups -OCH3 is 2. The zero-order valence-corrected chi connectivity index (χ0v) is 12.3. The number of phenolic OH excluding ortho intramolecular Hbond substituents is 1. The first-order valence-electron chi connectivity index (χ1n) is 5.55. The van der Waals surface area contributed by atoms with Crippen LogP contribution in [0.25, 0.3) is 0 Å². The molecular weight excluding hydrogens is 270 g/mol. The summed E-state index contributed by atoms with van der Waals surface area (Å²) in [5.74, 6) is 0.128. The highest BCUT2D eigenvalue weighted by molar-refractivity contribution is 5.85. The van der Waals surface area contributed by atoms with Crippen molar-refractivity contribution in [1.82, 2.24) is 0 Å². The number of benzene rings is 1. The molecule has 0 saturated heterocycles. The number of hydrogen-bond donors (Lipinski definition) is 2. The van der Waals surface area contributed by atoms with Crippen molar-refractivity contribution >= 4 is 18.4 Å². The molecule has 0 aliphatic carbocycles. The lowest BCUT2D eigenvalue weighted by atomic mass is 9.80. The molecule has 1 rings (SSSR count). The minimum Gasteiger partial charge on any atom is -0.508 e. The van der Waals surface area contributed by atoms with Crippen molar-refractivity contribution in [2.24, 2.45) is 11.1 Å². The van der Waals surface area contributed by atoms with Gasteiger partial charge in [-0.05, 0) is 19.9 Å². The predicted molar refractivity (Wildman–Crippen MR) is 74.6 cm³/mol. The molecule has 0 spiro atoms. The van der Waals surface area contributed by atoms with Crippen LogP contribution in [0.2, 0.25) is 0 Å². The van der Waals surface area contributed by atoms with Crippen LogP contribution in [0.3, 0.4) is 0 Å². The Bertz CT molecular complexity index is 448. The number of carbonyl (C=O) groups excluding carboxylic acids is 1. The number of nitrogens with two attached hydrogens (primary N) is 1. The summed E-state index contributed by atoms with van der Waals surface area (Å²) in [6.45, 7) is 3.41. The Morgan fingerprint density at radius 2 is 1.95 bits per heavy atom. The minimum absolute atomic E-state index is 0. The summed E-state index contributed by atoms with van der Waals surface area (Å²) in [7, 11) is 2.81. The molecule has 0 amide bonds. The maximum atomic E-state index is 11.7. The average molecular weight is 290 g/mol. The van der Waals surface area contributed by atoms with Crippen LogP contribution in [-0.4, -0.2) is 25.3 Å². The van der Waals surface area contributed by atoms with Crippen molar-refractivity contribution in [2.45, 2.75) is 19.9 Å². The van der Waals surface area contributed by atoms with Crippen LogP contribution < -0.4 is 10.5 Å². The lowest BCUT2D eigenvalue weighted by Crippen LogP contribution is -2.37. The van der Waals surface area contributed by atoms with Crippen LogP contribution in [0.15, 0.2) is 18.2 Å². The molecule has 0 heterocycles. The molecule has 1 aromatic rings. The highest BCUT2D eigenvalue weighted by atomic mass is 35.5. The zero-order chi connectivity index (χ0) is 13.9. The Balaban J connectivity index is 0.00000324. The van der Waals surface area contributed by atoms with Gasteiger partial charge < -0.3 is 20.3 Å². The number of phenols is 1. The van der Waals surface area contributed by atoms with Gasteiger partial charge in [-0.2, -0.15) is 0 Å². The Hall–Kier alpha value is -1.46. The predicted octanol–water partition coefficient (Wildman–Crippen LogP) is 2.02. The van der Waals surface area contributed by atoms with E-state index in [1.165, 1.54) is 26.4 Å². The van der Waals surface area contributed by atoms with Gasteiger partial charge in [-0.15, -0.1) is 12.4 Å². The van der Waals surface area contributed by atoms with E-state index < -0.39 is 17.4 Å². The molecule has 1 aromatic carbocycles. The molecule has 0 aliphatic rings. The van der Waals surface area contributed by atoms with E-state index in [9.17, 15) is 9.90 Å². The second-order valence-corrected chi connectivity index (χ2v) is 4.62. The Morgan fingerprint density at radius 3 is 2.42 bits per heavy atom. The van der Waals surface area contributed by atoms with E-state index >= 15 is 0 Å². The van der Waals surface area contributed by atoms with E-state index in [0.717, 1.165) is 0 Å². The van der Waals surface area contributed by atoms with Gasteiger partial charge >= 0.3 is 5.97 Å². The lowest BCUT2D eigenvalue weighted by Gasteiger charge is -2.29. The molecule has 0 aliphatic heterocycles. The van der Waals surface area contributed by atoms with Crippen molar-refractivity contribution in [3.05, 3.63) is 23.8 Å². The third-order valence-electron chi connectivity index (χ3n) is 3.04. The molecule has 0 bridgehead atoms. The second kappa shape index (κ2) is 6.63. The molecule has 0 unspecified atom stereocenters. The van der Waals surface area contributed by atoms with E-state index in [1.54, 1.807) is 19.9 Å². The van der Waals surface area contributed by atoms with Crippen molar-refractivity contribution in [3.8, 4) is 11.5 Å². The van der Waals surface area contributed by atoms with E-state index in [0.29, 0.717) is 11.3 Å². The fraction of sp³-hybridized carbons (Fsp3) is 0.462. The fourth-order valence-corrected chi connectivity index (χ4v) is 1.74. The van der Waals surface area contributed by atoms with Gasteiger partial charge in [0.2, 0.25) is 0 Å². The first-order chi connectivity index (χ1) is 8.34. The minimum atomic E-state index is -0.890. The highest BCUT2D eigenvalue weighted by Gasteiger charge is 2.37. The third kappa shape index (κ3) is 3.52. The molecule has 3 N–H and O–H groups in total. The lowest BCUT2D eigenvalue weighted by molar-refractivity contribution is -0.152. The van der Waals surface area contributed by atoms with Gasteiger partial charge in [0.15, 0.2) is 0 Å². The van der Waals surface area contributed by atoms with Crippen LogP contribution in [-0.2, 0) is 9.53 Å². The SMILES string of the molecule is COC(=O)C(C)(C)[C@H](N)c1ccc(O)cc1OC.Cl. The number of halogens is 1. The summed E-state index contributed by atoms with van der Waals surface area (Å²) in [5, 5.41) is 9.40. The van der Waals surface area contributed by atoms with E-state index in [1.807, 2.05) is 0 Å². The van der Waals surface area contributed by atoms with Crippen molar-refractivity contribution < 1.29 is 19.4 Å². The normalized spacial score (nSPS) is 12.3. The number of carbonyl (C=O) groups is 1. The van der Waals surface area contributed by atoms with Crippen LogP contribution in [0.4, 0.5) is 0 Å². The molecule has 0 saturated carbocycles. The molecule has 0 radical (unpaired) electrons. The Kier molecular flexibility index (Phi) is 6.12. The molecule has 5 nitrogen and oxygen atoms in total. The summed E-state index contributed by atoms with van der Waals surface area (Å²) < 4.78 is 9.91. The zero-order valence-electron chi connectivity index (χ0n) is 11.5. The smallest absolute Gasteiger partial charge is 0.313 e. The molecule has 0 fully saturated rings. The van der Waals surface area contributed by atoms with Gasteiger partial charge in [-0.3, -0.25) is 4.79 Å². The van der Waals surface area contributed by atoms with E-state index in [2.05, 4.69) is 0 Å². The number of hydrogen-bond acceptors (Lipinski definition) is 5. The van der Waals surface area contributed by atoms with Crippen molar-refractivity contribution in [2.75, 3.05) is 14.2 Å². The molecule has 0 aromatic heterocycles. The Morgan fingerprint density at radius 1 is 1.37 bits per heavy atom.